The van der Waals surface area contributed by atoms with Gasteiger partial charge in [-0.3, -0.25) is 4.79 Å². The van der Waals surface area contributed by atoms with Crippen LogP contribution in [0.25, 0.3) is 0 Å². The molecule has 2 heterocycles. The lowest BCUT2D eigenvalue weighted by Gasteiger charge is -2.25. The van der Waals surface area contributed by atoms with Crippen molar-refractivity contribution < 1.29 is 4.79 Å². The summed E-state index contributed by atoms with van der Waals surface area (Å²) in [4.78, 5) is 17.4. The van der Waals surface area contributed by atoms with Gasteiger partial charge >= 0.3 is 0 Å². The van der Waals surface area contributed by atoms with Gasteiger partial charge in [-0.25, -0.2) is 0 Å². The maximum Gasteiger partial charge on any atom is 0.226 e. The standard InChI is InChI=1S/C16H29N3O.2ClH/c17-10-14-4-3-5-15(14)16(20)19-9-6-13(12-19)11-18-7-1-2-8-18;;/h13-15H,1-12,17H2;2*1H/t13?,14-,15-;;/m1../s1. The molecule has 130 valence electrons. The SMILES string of the molecule is Cl.Cl.NC[C@H]1CCC[C@H]1C(=O)N1CCC(CN2CCCC2)C1. The van der Waals surface area contributed by atoms with Gasteiger partial charge in [0.2, 0.25) is 5.91 Å². The number of halogens is 2. The molecule has 3 atom stereocenters. The van der Waals surface area contributed by atoms with Crippen LogP contribution in [0.15, 0.2) is 0 Å². The fourth-order valence-corrected chi connectivity index (χ4v) is 4.39. The Hall–Kier alpha value is -0.0300. The molecule has 2 aliphatic heterocycles. The van der Waals surface area contributed by atoms with Crippen LogP contribution in [0.4, 0.5) is 0 Å². The zero-order valence-corrected chi connectivity index (χ0v) is 15.0. The first-order chi connectivity index (χ1) is 9.78. The molecule has 1 amide bonds. The van der Waals surface area contributed by atoms with Gasteiger partial charge in [-0.1, -0.05) is 6.42 Å². The normalized spacial score (nSPS) is 31.9. The molecule has 0 aromatic carbocycles. The number of nitrogens with two attached hydrogens (primary N) is 1. The minimum Gasteiger partial charge on any atom is -0.342 e. The van der Waals surface area contributed by atoms with Gasteiger partial charge in [-0.2, -0.15) is 0 Å². The third-order valence-corrected chi connectivity index (χ3v) is 5.59. The molecule has 22 heavy (non-hydrogen) atoms. The number of hydrogen-bond donors (Lipinski definition) is 1. The highest BCUT2D eigenvalue weighted by molar-refractivity contribution is 5.85. The summed E-state index contributed by atoms with van der Waals surface area (Å²) in [6.45, 7) is 6.38. The van der Waals surface area contributed by atoms with Crippen LogP contribution < -0.4 is 5.73 Å². The van der Waals surface area contributed by atoms with E-state index in [0.717, 1.165) is 25.9 Å². The summed E-state index contributed by atoms with van der Waals surface area (Å²) in [5.74, 6) is 1.78. The van der Waals surface area contributed by atoms with Crippen LogP contribution in [0.1, 0.15) is 38.5 Å². The smallest absolute Gasteiger partial charge is 0.226 e. The van der Waals surface area contributed by atoms with Crippen molar-refractivity contribution in [3.05, 3.63) is 0 Å². The average Bonchev–Trinajstić information content (AvgIpc) is 3.19. The molecule has 3 aliphatic rings. The molecule has 2 N–H and O–H groups in total. The Kier molecular flexibility index (Phi) is 8.47. The highest BCUT2D eigenvalue weighted by Crippen LogP contribution is 2.33. The minimum absolute atomic E-state index is 0. The van der Waals surface area contributed by atoms with Gasteiger partial charge in [-0.15, -0.1) is 24.8 Å². The lowest BCUT2D eigenvalue weighted by Crippen LogP contribution is -2.38. The molecule has 2 saturated heterocycles. The van der Waals surface area contributed by atoms with Crippen molar-refractivity contribution in [3.8, 4) is 0 Å². The summed E-state index contributed by atoms with van der Waals surface area (Å²) >= 11 is 0. The van der Waals surface area contributed by atoms with E-state index in [-0.39, 0.29) is 30.7 Å². The predicted octanol–water partition coefficient (Wildman–Crippen LogP) is 2.15. The van der Waals surface area contributed by atoms with Crippen LogP contribution in [0, 0.1) is 17.8 Å². The van der Waals surface area contributed by atoms with Crippen molar-refractivity contribution in [2.75, 3.05) is 39.3 Å². The molecule has 1 unspecified atom stereocenters. The molecule has 0 aromatic rings. The number of hydrogen-bond acceptors (Lipinski definition) is 3. The first kappa shape index (κ1) is 20.0. The number of rotatable bonds is 4. The maximum absolute atomic E-state index is 12.7. The highest BCUT2D eigenvalue weighted by Gasteiger charge is 2.37. The van der Waals surface area contributed by atoms with E-state index in [0.29, 0.717) is 24.3 Å². The summed E-state index contributed by atoms with van der Waals surface area (Å²) in [6.07, 6.45) is 7.31. The molecular weight excluding hydrogens is 321 g/mol. The van der Waals surface area contributed by atoms with Crippen LogP contribution in [-0.2, 0) is 4.79 Å². The fourth-order valence-electron chi connectivity index (χ4n) is 4.39. The van der Waals surface area contributed by atoms with Crippen LogP contribution >= 0.6 is 24.8 Å². The monoisotopic (exact) mass is 351 g/mol. The van der Waals surface area contributed by atoms with E-state index in [2.05, 4.69) is 9.80 Å². The van der Waals surface area contributed by atoms with Gasteiger partial charge in [0, 0.05) is 25.6 Å². The lowest BCUT2D eigenvalue weighted by molar-refractivity contribution is -0.135. The fraction of sp³-hybridized carbons (Fsp3) is 0.938. The van der Waals surface area contributed by atoms with Crippen LogP contribution in [0.5, 0.6) is 0 Å². The van der Waals surface area contributed by atoms with E-state index < -0.39 is 0 Å². The number of carbonyl (C=O) groups is 1. The van der Waals surface area contributed by atoms with Gasteiger partial charge in [0.05, 0.1) is 0 Å². The zero-order valence-electron chi connectivity index (χ0n) is 13.4. The van der Waals surface area contributed by atoms with Crippen LogP contribution in [0.3, 0.4) is 0 Å². The molecule has 6 heteroatoms. The summed E-state index contributed by atoms with van der Waals surface area (Å²) < 4.78 is 0. The third kappa shape index (κ3) is 4.50. The number of amides is 1. The highest BCUT2D eigenvalue weighted by atomic mass is 35.5. The first-order valence-corrected chi connectivity index (χ1v) is 8.49. The van der Waals surface area contributed by atoms with Crippen molar-refractivity contribution in [1.82, 2.24) is 9.80 Å². The molecule has 0 bridgehead atoms. The van der Waals surface area contributed by atoms with Gasteiger partial charge in [0.25, 0.3) is 0 Å². The molecule has 4 nitrogen and oxygen atoms in total. The van der Waals surface area contributed by atoms with E-state index in [9.17, 15) is 4.79 Å². The predicted molar refractivity (Wildman–Crippen MR) is 94.7 cm³/mol. The second-order valence-electron chi connectivity index (χ2n) is 6.98. The molecule has 3 rings (SSSR count). The van der Waals surface area contributed by atoms with Crippen LogP contribution in [-0.4, -0.2) is 55.0 Å². The Morgan fingerprint density at radius 3 is 2.41 bits per heavy atom. The molecule has 0 radical (unpaired) electrons. The van der Waals surface area contributed by atoms with Crippen molar-refractivity contribution in [2.24, 2.45) is 23.5 Å². The Morgan fingerprint density at radius 2 is 1.73 bits per heavy atom. The topological polar surface area (TPSA) is 49.6 Å². The van der Waals surface area contributed by atoms with E-state index in [1.807, 2.05) is 0 Å². The van der Waals surface area contributed by atoms with Crippen LogP contribution in [0.2, 0.25) is 0 Å². The van der Waals surface area contributed by atoms with Crippen molar-refractivity contribution in [3.63, 3.8) is 0 Å². The third-order valence-electron chi connectivity index (χ3n) is 5.59. The molecule has 1 saturated carbocycles. The van der Waals surface area contributed by atoms with E-state index >= 15 is 0 Å². The Balaban J connectivity index is 0.00000121. The zero-order chi connectivity index (χ0) is 13.9. The number of carbonyl (C=O) groups excluding carboxylic acids is 1. The molecule has 1 aliphatic carbocycles. The van der Waals surface area contributed by atoms with Gasteiger partial charge in [0.15, 0.2) is 0 Å². The van der Waals surface area contributed by atoms with Gasteiger partial charge < -0.3 is 15.5 Å². The van der Waals surface area contributed by atoms with E-state index in [4.69, 9.17) is 5.73 Å². The van der Waals surface area contributed by atoms with Crippen molar-refractivity contribution in [2.45, 2.75) is 38.5 Å². The second-order valence-corrected chi connectivity index (χ2v) is 6.98. The maximum atomic E-state index is 12.7. The number of nitrogens with zero attached hydrogens (tertiary/aromatic N) is 2. The Morgan fingerprint density at radius 1 is 1.00 bits per heavy atom. The van der Waals surface area contributed by atoms with E-state index in [1.54, 1.807) is 0 Å². The summed E-state index contributed by atoms with van der Waals surface area (Å²) in [5, 5.41) is 0. The van der Waals surface area contributed by atoms with Gasteiger partial charge in [-0.05, 0) is 63.6 Å². The average molecular weight is 352 g/mol. The summed E-state index contributed by atoms with van der Waals surface area (Å²) in [6, 6.07) is 0. The van der Waals surface area contributed by atoms with Gasteiger partial charge in [0.1, 0.15) is 0 Å². The van der Waals surface area contributed by atoms with Crippen molar-refractivity contribution >= 4 is 30.7 Å². The minimum atomic E-state index is 0. The van der Waals surface area contributed by atoms with E-state index in [1.165, 1.54) is 45.3 Å². The summed E-state index contributed by atoms with van der Waals surface area (Å²) in [7, 11) is 0. The number of likely N-dealkylation sites (tertiary alicyclic amines) is 2. The Bertz CT molecular complexity index is 350. The molecule has 0 spiro atoms. The quantitative estimate of drug-likeness (QED) is 0.844. The second kappa shape index (κ2) is 9.31. The van der Waals surface area contributed by atoms with Crippen molar-refractivity contribution in [1.29, 1.82) is 0 Å². The largest absolute Gasteiger partial charge is 0.342 e. The lowest BCUT2D eigenvalue weighted by atomic mass is 9.95. The molecule has 0 aromatic heterocycles. The summed E-state index contributed by atoms with van der Waals surface area (Å²) in [5.41, 5.74) is 5.82. The Labute approximate surface area is 147 Å². The molecular formula is C16H31Cl2N3O. The molecule has 3 fully saturated rings. The first-order valence-electron chi connectivity index (χ1n) is 8.49.